The molecule has 0 aromatic heterocycles. The van der Waals surface area contributed by atoms with E-state index in [9.17, 15) is 4.79 Å². The van der Waals surface area contributed by atoms with Gasteiger partial charge in [-0.05, 0) is 11.1 Å². The second kappa shape index (κ2) is 6.61. The second-order valence-corrected chi connectivity index (χ2v) is 12.3. The summed E-state index contributed by atoms with van der Waals surface area (Å²) in [6.07, 6.45) is 1.78. The van der Waals surface area contributed by atoms with Crippen molar-refractivity contribution in [1.29, 1.82) is 0 Å². The molecule has 0 N–H and O–H groups in total. The number of hydrogen-bond donors (Lipinski definition) is 0. The molecule has 2 nitrogen and oxygen atoms in total. The van der Waals surface area contributed by atoms with Gasteiger partial charge in [-0.25, -0.2) is 0 Å². The van der Waals surface area contributed by atoms with Crippen LogP contribution in [-0.4, -0.2) is 18.9 Å². The molecule has 0 radical (unpaired) electrons. The second-order valence-electron chi connectivity index (χ2n) is 7.23. The van der Waals surface area contributed by atoms with E-state index in [1.807, 2.05) is 41.3 Å². The Balaban J connectivity index is 2.01. The smallest absolute Gasteiger partial charge is 0.251 e. The zero-order valence-corrected chi connectivity index (χ0v) is 15.5. The van der Waals surface area contributed by atoms with Crippen LogP contribution in [-0.2, 0) is 11.3 Å². The molecule has 1 heterocycles. The van der Waals surface area contributed by atoms with E-state index in [1.54, 1.807) is 6.08 Å². The summed E-state index contributed by atoms with van der Waals surface area (Å²) >= 11 is 0. The third-order valence-corrected chi connectivity index (χ3v) is 5.08. The molecule has 0 spiro atoms. The maximum atomic E-state index is 12.7. The fourth-order valence-corrected chi connectivity index (χ4v) is 4.01. The van der Waals surface area contributed by atoms with Crippen molar-refractivity contribution >= 4 is 19.6 Å². The maximum absolute atomic E-state index is 12.7. The van der Waals surface area contributed by atoms with Gasteiger partial charge >= 0.3 is 0 Å². The number of amides is 1. The van der Waals surface area contributed by atoms with E-state index in [0.29, 0.717) is 6.54 Å². The third kappa shape index (κ3) is 3.74. The van der Waals surface area contributed by atoms with E-state index in [1.165, 1.54) is 0 Å². The fourth-order valence-electron chi connectivity index (χ4n) is 2.88. The van der Waals surface area contributed by atoms with Gasteiger partial charge in [-0.3, -0.25) is 4.79 Å². The quantitative estimate of drug-likeness (QED) is 0.731. The molecule has 0 atom stereocenters. The molecule has 1 amide bonds. The number of rotatable bonds is 4. The Bertz CT molecular complexity index is 786. The van der Waals surface area contributed by atoms with Crippen LogP contribution in [0.15, 0.2) is 78.1 Å². The molecular weight excluding hydrogens is 310 g/mol. The summed E-state index contributed by atoms with van der Waals surface area (Å²) < 4.78 is 0. The molecule has 0 saturated heterocycles. The molecule has 2 aromatic rings. The lowest BCUT2D eigenvalue weighted by molar-refractivity contribution is -0.123. The van der Waals surface area contributed by atoms with Crippen LogP contribution in [0, 0.1) is 0 Å². The predicted molar refractivity (Wildman–Crippen MR) is 103 cm³/mol. The van der Waals surface area contributed by atoms with Gasteiger partial charge < -0.3 is 4.90 Å². The van der Waals surface area contributed by atoms with Crippen molar-refractivity contribution in [1.82, 2.24) is 4.90 Å². The molecule has 2 aromatic carbocycles. The highest BCUT2D eigenvalue weighted by atomic mass is 28.3. The first-order chi connectivity index (χ1) is 11.4. The molecule has 0 unspecified atom stereocenters. The minimum Gasteiger partial charge on any atom is -0.305 e. The van der Waals surface area contributed by atoms with Crippen LogP contribution >= 0.6 is 0 Å². The van der Waals surface area contributed by atoms with E-state index in [0.717, 1.165) is 22.4 Å². The molecule has 0 saturated carbocycles. The Hall–Kier alpha value is -2.39. The van der Waals surface area contributed by atoms with Crippen LogP contribution in [0.2, 0.25) is 19.6 Å². The van der Waals surface area contributed by atoms with Gasteiger partial charge in [-0.2, -0.15) is 0 Å². The van der Waals surface area contributed by atoms with Gasteiger partial charge in [0.2, 0.25) is 0 Å². The van der Waals surface area contributed by atoms with Gasteiger partial charge in [0.15, 0.2) is 0 Å². The summed E-state index contributed by atoms with van der Waals surface area (Å²) in [5, 5.41) is 0. The Morgan fingerprint density at radius 3 is 2.08 bits per heavy atom. The molecule has 0 fully saturated rings. The number of nitrogens with zero attached hydrogens (tertiary/aromatic N) is 1. The van der Waals surface area contributed by atoms with Gasteiger partial charge in [0.1, 0.15) is 0 Å². The summed E-state index contributed by atoms with van der Waals surface area (Å²) in [6, 6.07) is 20.4. The SMILES string of the molecule is C[Si](C)(C)/C=C1/C(c2ccccc2)=CC(=O)N1Cc1ccccc1. The Morgan fingerprint density at radius 1 is 0.917 bits per heavy atom. The Kier molecular flexibility index (Phi) is 4.54. The first-order valence-electron chi connectivity index (χ1n) is 8.30. The van der Waals surface area contributed by atoms with Gasteiger partial charge in [-0.1, -0.05) is 86.0 Å². The summed E-state index contributed by atoms with van der Waals surface area (Å²) in [5.41, 5.74) is 6.69. The Labute approximate surface area is 145 Å². The number of benzene rings is 2. The maximum Gasteiger partial charge on any atom is 0.251 e. The molecular formula is C21H23NOSi. The lowest BCUT2D eigenvalue weighted by Crippen LogP contribution is -2.27. The topological polar surface area (TPSA) is 20.3 Å². The molecule has 3 heteroatoms. The summed E-state index contributed by atoms with van der Waals surface area (Å²) in [5.74, 6) is 0.0715. The van der Waals surface area contributed by atoms with E-state index in [-0.39, 0.29) is 5.91 Å². The summed E-state index contributed by atoms with van der Waals surface area (Å²) in [4.78, 5) is 14.6. The lowest BCUT2D eigenvalue weighted by atomic mass is 10.0. The van der Waals surface area contributed by atoms with Crippen molar-refractivity contribution in [2.24, 2.45) is 0 Å². The van der Waals surface area contributed by atoms with Crippen LogP contribution in [0.3, 0.4) is 0 Å². The zero-order chi connectivity index (χ0) is 17.2. The number of carbonyl (C=O) groups excluding carboxylic acids is 1. The van der Waals surface area contributed by atoms with Crippen LogP contribution in [0.25, 0.3) is 5.57 Å². The number of allylic oxidation sites excluding steroid dienone is 1. The van der Waals surface area contributed by atoms with Gasteiger partial charge in [0.05, 0.1) is 14.6 Å². The van der Waals surface area contributed by atoms with Crippen LogP contribution in [0.4, 0.5) is 0 Å². The van der Waals surface area contributed by atoms with Gasteiger partial charge in [-0.15, -0.1) is 0 Å². The van der Waals surface area contributed by atoms with Gasteiger partial charge in [0, 0.05) is 17.3 Å². The Morgan fingerprint density at radius 2 is 1.50 bits per heavy atom. The molecule has 1 aliphatic heterocycles. The van der Waals surface area contributed by atoms with Crippen LogP contribution in [0.1, 0.15) is 11.1 Å². The predicted octanol–water partition coefficient (Wildman–Crippen LogP) is 4.87. The van der Waals surface area contributed by atoms with Crippen molar-refractivity contribution in [3.05, 3.63) is 89.3 Å². The van der Waals surface area contributed by atoms with Crippen molar-refractivity contribution in [3.63, 3.8) is 0 Å². The highest BCUT2D eigenvalue weighted by Gasteiger charge is 2.29. The largest absolute Gasteiger partial charge is 0.305 e. The molecule has 3 rings (SSSR count). The molecule has 24 heavy (non-hydrogen) atoms. The molecule has 0 aliphatic carbocycles. The van der Waals surface area contributed by atoms with Crippen molar-refractivity contribution < 1.29 is 4.79 Å². The minimum atomic E-state index is -1.48. The van der Waals surface area contributed by atoms with Gasteiger partial charge in [0.25, 0.3) is 5.91 Å². The molecule has 0 bridgehead atoms. The zero-order valence-electron chi connectivity index (χ0n) is 14.5. The first-order valence-corrected chi connectivity index (χ1v) is 11.9. The monoisotopic (exact) mass is 333 g/mol. The first kappa shape index (κ1) is 16.5. The molecule has 1 aliphatic rings. The normalized spacial score (nSPS) is 16.6. The average molecular weight is 334 g/mol. The van der Waals surface area contributed by atoms with Crippen LogP contribution in [0.5, 0.6) is 0 Å². The van der Waals surface area contributed by atoms with E-state index >= 15 is 0 Å². The highest BCUT2D eigenvalue weighted by Crippen LogP contribution is 2.34. The van der Waals surface area contributed by atoms with Crippen molar-refractivity contribution in [2.45, 2.75) is 26.2 Å². The fraction of sp³-hybridized carbons (Fsp3) is 0.190. The summed E-state index contributed by atoms with van der Waals surface area (Å²) in [6.45, 7) is 7.51. The standard InChI is InChI=1S/C21H23NOSi/c1-24(2,3)16-20-19(18-12-8-5-9-13-18)14-21(23)22(20)15-17-10-6-4-7-11-17/h4-14,16H,15H2,1-3H3/b20-16-. The minimum absolute atomic E-state index is 0.0715. The van der Waals surface area contributed by atoms with E-state index in [4.69, 9.17) is 0 Å². The van der Waals surface area contributed by atoms with Crippen LogP contribution < -0.4 is 0 Å². The number of hydrogen-bond acceptors (Lipinski definition) is 1. The van der Waals surface area contributed by atoms with Crippen molar-refractivity contribution in [2.75, 3.05) is 0 Å². The van der Waals surface area contributed by atoms with E-state index < -0.39 is 8.07 Å². The van der Waals surface area contributed by atoms with E-state index in [2.05, 4.69) is 49.6 Å². The third-order valence-electron chi connectivity index (χ3n) is 3.94. The highest BCUT2D eigenvalue weighted by molar-refractivity contribution is 6.81. The molecule has 122 valence electrons. The van der Waals surface area contributed by atoms with Crippen molar-refractivity contribution in [3.8, 4) is 0 Å². The number of carbonyl (C=O) groups is 1. The summed E-state index contributed by atoms with van der Waals surface area (Å²) in [7, 11) is -1.48. The lowest BCUT2D eigenvalue weighted by Gasteiger charge is -2.23. The average Bonchev–Trinajstić information content (AvgIpc) is 2.84.